The number of hydrogen-bond donors (Lipinski definition) is 1. The van der Waals surface area contributed by atoms with E-state index in [0.29, 0.717) is 22.2 Å². The van der Waals surface area contributed by atoms with Gasteiger partial charge in [-0.2, -0.15) is 0 Å². The van der Waals surface area contributed by atoms with E-state index in [-0.39, 0.29) is 45.4 Å². The molecule has 0 aliphatic heterocycles. The molecule has 1 unspecified atom stereocenters. The minimum absolute atomic E-state index is 0.00952. The topological polar surface area (TPSA) is 86.8 Å². The van der Waals surface area contributed by atoms with E-state index >= 15 is 0 Å². The van der Waals surface area contributed by atoms with Gasteiger partial charge in [-0.3, -0.25) is 13.9 Å². The van der Waals surface area contributed by atoms with Crippen LogP contribution in [0.4, 0.5) is 5.69 Å². The van der Waals surface area contributed by atoms with Gasteiger partial charge in [-0.15, -0.1) is 0 Å². The van der Waals surface area contributed by atoms with Crippen LogP contribution >= 0.6 is 46.4 Å². The number of benzene rings is 3. The summed E-state index contributed by atoms with van der Waals surface area (Å²) in [6, 6.07) is 14.6. The third-order valence-electron chi connectivity index (χ3n) is 6.49. The fraction of sp³-hybridized carbons (Fsp3) is 0.333. The highest BCUT2D eigenvalue weighted by Gasteiger charge is 2.34. The number of aryl methyl sites for hydroxylation is 1. The van der Waals surface area contributed by atoms with Gasteiger partial charge in [-0.25, -0.2) is 8.42 Å². The Labute approximate surface area is 267 Å². The summed E-state index contributed by atoms with van der Waals surface area (Å²) in [5.41, 5.74) is 1.64. The fourth-order valence-corrected chi connectivity index (χ4v) is 6.20. The number of carbonyl (C=O) groups is 2. The number of carbonyl (C=O) groups excluding carboxylic acids is 2. The second-order valence-corrected chi connectivity index (χ2v) is 13.7. The van der Waals surface area contributed by atoms with E-state index in [2.05, 4.69) is 5.32 Å². The van der Waals surface area contributed by atoms with E-state index in [9.17, 15) is 18.0 Å². The fourth-order valence-electron chi connectivity index (χ4n) is 4.18. The van der Waals surface area contributed by atoms with E-state index in [0.717, 1.165) is 9.87 Å². The number of nitrogens with one attached hydrogen (secondary N) is 1. The second kappa shape index (κ2) is 14.8. The summed E-state index contributed by atoms with van der Waals surface area (Å²) in [6.07, 6.45) is 0.286. The molecule has 2 amide bonds. The quantitative estimate of drug-likeness (QED) is 0.218. The first kappa shape index (κ1) is 34.0. The van der Waals surface area contributed by atoms with Crippen LogP contribution in [0.2, 0.25) is 20.1 Å². The average Bonchev–Trinajstić information content (AvgIpc) is 2.94. The molecule has 7 nitrogen and oxygen atoms in total. The van der Waals surface area contributed by atoms with Crippen molar-refractivity contribution in [2.24, 2.45) is 5.92 Å². The third kappa shape index (κ3) is 8.54. The lowest BCUT2D eigenvalue weighted by molar-refractivity contribution is -0.140. The molecule has 0 fully saturated rings. The number of anilines is 1. The van der Waals surface area contributed by atoms with Crippen LogP contribution in [-0.4, -0.2) is 44.3 Å². The van der Waals surface area contributed by atoms with Crippen LogP contribution in [0.3, 0.4) is 0 Å². The Morgan fingerprint density at radius 1 is 0.857 bits per heavy atom. The Hall–Kier alpha value is -2.49. The summed E-state index contributed by atoms with van der Waals surface area (Å²) < 4.78 is 28.9. The van der Waals surface area contributed by atoms with Gasteiger partial charge >= 0.3 is 0 Å². The first-order chi connectivity index (χ1) is 19.7. The maximum Gasteiger partial charge on any atom is 0.264 e. The van der Waals surface area contributed by atoms with Crippen molar-refractivity contribution in [3.05, 3.63) is 91.9 Å². The Morgan fingerprint density at radius 2 is 1.45 bits per heavy atom. The smallest absolute Gasteiger partial charge is 0.264 e. The van der Waals surface area contributed by atoms with E-state index in [1.54, 1.807) is 37.3 Å². The molecule has 0 aliphatic carbocycles. The van der Waals surface area contributed by atoms with Crippen LogP contribution in [0.15, 0.2) is 65.6 Å². The number of hydrogen-bond acceptors (Lipinski definition) is 4. The van der Waals surface area contributed by atoms with Gasteiger partial charge < -0.3 is 10.2 Å². The monoisotopic (exact) mass is 671 g/mol. The van der Waals surface area contributed by atoms with Crippen molar-refractivity contribution >= 4 is 73.9 Å². The van der Waals surface area contributed by atoms with Crippen molar-refractivity contribution in [1.29, 1.82) is 0 Å². The molecule has 226 valence electrons. The zero-order chi connectivity index (χ0) is 31.2. The Bertz CT molecular complexity index is 1530. The molecule has 0 heterocycles. The molecule has 0 saturated carbocycles. The molecule has 0 bridgehead atoms. The molecular weight excluding hydrogens is 640 g/mol. The second-order valence-electron chi connectivity index (χ2n) is 10.3. The van der Waals surface area contributed by atoms with Crippen molar-refractivity contribution < 1.29 is 18.0 Å². The summed E-state index contributed by atoms with van der Waals surface area (Å²) >= 11 is 24.7. The molecule has 1 atom stereocenters. The van der Waals surface area contributed by atoms with E-state index in [1.807, 2.05) is 20.8 Å². The lowest BCUT2D eigenvalue weighted by atomic mass is 10.1. The summed E-state index contributed by atoms with van der Waals surface area (Å²) in [4.78, 5) is 28.8. The maximum absolute atomic E-state index is 14.1. The largest absolute Gasteiger partial charge is 0.354 e. The van der Waals surface area contributed by atoms with Crippen LogP contribution in [0.5, 0.6) is 0 Å². The van der Waals surface area contributed by atoms with Crippen molar-refractivity contribution in [3.8, 4) is 0 Å². The van der Waals surface area contributed by atoms with Gasteiger partial charge in [0.05, 0.1) is 30.7 Å². The molecule has 0 aliphatic rings. The summed E-state index contributed by atoms with van der Waals surface area (Å²) in [7, 11) is -4.24. The molecule has 3 rings (SSSR count). The number of halogens is 4. The molecule has 0 aromatic heterocycles. The van der Waals surface area contributed by atoms with E-state index < -0.39 is 28.5 Å². The Balaban J connectivity index is 2.09. The summed E-state index contributed by atoms with van der Waals surface area (Å²) in [5, 5.41) is 3.88. The normalized spacial score (nSPS) is 12.2. The number of amides is 2. The summed E-state index contributed by atoms with van der Waals surface area (Å²) in [6.45, 7) is 7.35. The van der Waals surface area contributed by atoms with Crippen molar-refractivity contribution in [1.82, 2.24) is 10.2 Å². The first-order valence-corrected chi connectivity index (χ1v) is 16.2. The minimum atomic E-state index is -4.24. The van der Waals surface area contributed by atoms with Gasteiger partial charge in [0.25, 0.3) is 10.0 Å². The number of nitrogens with zero attached hydrogens (tertiary/aromatic N) is 2. The SMILES string of the molecule is CCC(C(=O)NCC(C)C)N(Cc1ccc(Cl)c(Cl)c1)C(=O)CN(c1ccc(Cl)c(Cl)c1)S(=O)(=O)c1ccc(C)cc1. The highest BCUT2D eigenvalue weighted by Crippen LogP contribution is 2.31. The number of sulfonamides is 1. The van der Waals surface area contributed by atoms with Crippen molar-refractivity contribution in [2.45, 2.75) is 51.6 Å². The average molecular weight is 673 g/mol. The molecular formula is C30H33Cl4N3O4S. The molecule has 0 radical (unpaired) electrons. The molecule has 12 heteroatoms. The summed E-state index contributed by atoms with van der Waals surface area (Å²) in [5.74, 6) is -0.757. The standard InChI is InChI=1S/C30H33Cl4N3O4S/c1-5-28(30(39)35-16-19(2)3)36(17-21-8-12-24(31)26(33)14-21)29(38)18-37(22-9-13-25(32)27(34)15-22)42(40,41)23-10-6-20(4)7-11-23/h6-15,19,28H,5,16-18H2,1-4H3,(H,35,39). The van der Waals surface area contributed by atoms with Gasteiger partial charge in [-0.1, -0.05) is 90.9 Å². The van der Waals surface area contributed by atoms with Gasteiger partial charge in [0, 0.05) is 13.1 Å². The lowest BCUT2D eigenvalue weighted by Gasteiger charge is -2.33. The van der Waals surface area contributed by atoms with Crippen molar-refractivity contribution in [2.75, 3.05) is 17.4 Å². The predicted molar refractivity (Wildman–Crippen MR) is 171 cm³/mol. The maximum atomic E-state index is 14.1. The molecule has 1 N–H and O–H groups in total. The van der Waals surface area contributed by atoms with Gasteiger partial charge in [0.1, 0.15) is 12.6 Å². The highest BCUT2D eigenvalue weighted by atomic mass is 35.5. The predicted octanol–water partition coefficient (Wildman–Crippen LogP) is 7.38. The molecule has 0 saturated heterocycles. The van der Waals surface area contributed by atoms with Crippen LogP contribution < -0.4 is 9.62 Å². The van der Waals surface area contributed by atoms with E-state index in [4.69, 9.17) is 46.4 Å². The highest BCUT2D eigenvalue weighted by molar-refractivity contribution is 7.92. The Morgan fingerprint density at radius 3 is 2.00 bits per heavy atom. The molecule has 3 aromatic rings. The van der Waals surface area contributed by atoms with Crippen LogP contribution in [0.25, 0.3) is 0 Å². The Kier molecular flexibility index (Phi) is 12.0. The molecule has 42 heavy (non-hydrogen) atoms. The van der Waals surface area contributed by atoms with Crippen LogP contribution in [0.1, 0.15) is 38.3 Å². The van der Waals surface area contributed by atoms with Gasteiger partial charge in [0.2, 0.25) is 11.8 Å². The minimum Gasteiger partial charge on any atom is -0.354 e. The van der Waals surface area contributed by atoms with Crippen LogP contribution in [-0.2, 0) is 26.2 Å². The van der Waals surface area contributed by atoms with Crippen LogP contribution in [0, 0.1) is 12.8 Å². The molecule has 0 spiro atoms. The van der Waals surface area contributed by atoms with Gasteiger partial charge in [-0.05, 0) is 67.3 Å². The molecule has 3 aromatic carbocycles. The zero-order valence-corrected chi connectivity index (χ0v) is 27.5. The lowest BCUT2D eigenvalue weighted by Crippen LogP contribution is -2.52. The van der Waals surface area contributed by atoms with Gasteiger partial charge in [0.15, 0.2) is 0 Å². The number of rotatable bonds is 12. The third-order valence-corrected chi connectivity index (χ3v) is 9.75. The first-order valence-electron chi connectivity index (χ1n) is 13.3. The van der Waals surface area contributed by atoms with E-state index in [1.165, 1.54) is 35.2 Å². The van der Waals surface area contributed by atoms with Crippen molar-refractivity contribution in [3.63, 3.8) is 0 Å². The zero-order valence-electron chi connectivity index (χ0n) is 23.7.